The minimum absolute atomic E-state index is 0.0557. The monoisotopic (exact) mass is 379 g/mol. The molecule has 1 N–H and O–H groups in total. The zero-order chi connectivity index (χ0) is 18.7. The van der Waals surface area contributed by atoms with Gasteiger partial charge in [0.1, 0.15) is 10.7 Å². The van der Waals surface area contributed by atoms with Crippen molar-refractivity contribution in [3.05, 3.63) is 52.5 Å². The minimum Gasteiger partial charge on any atom is -0.469 e. The molecule has 0 amide bonds. The Hall–Kier alpha value is -2.39. The summed E-state index contributed by atoms with van der Waals surface area (Å²) in [6, 6.07) is 7.42. The van der Waals surface area contributed by atoms with E-state index in [-0.39, 0.29) is 16.6 Å². The number of non-ortho nitro benzene ring substituents is 1. The molecule has 2 aromatic rings. The molecule has 0 saturated carbocycles. The molecule has 1 saturated heterocycles. The lowest BCUT2D eigenvalue weighted by Gasteiger charge is -2.21. The zero-order valence-electron chi connectivity index (χ0n) is 14.4. The highest BCUT2D eigenvalue weighted by molar-refractivity contribution is 7.89. The summed E-state index contributed by atoms with van der Waals surface area (Å²) in [4.78, 5) is 10.5. The van der Waals surface area contributed by atoms with E-state index in [1.54, 1.807) is 12.3 Å². The summed E-state index contributed by atoms with van der Waals surface area (Å²) in [6.45, 7) is 2.77. The van der Waals surface area contributed by atoms with Gasteiger partial charge in [-0.05, 0) is 38.0 Å². The molecule has 1 aliphatic heterocycles. The van der Waals surface area contributed by atoms with Gasteiger partial charge in [0.25, 0.3) is 5.69 Å². The number of nitro benzene ring substituents is 1. The summed E-state index contributed by atoms with van der Waals surface area (Å²) in [6.07, 6.45) is 3.74. The summed E-state index contributed by atoms with van der Waals surface area (Å²) >= 11 is 0. The first-order valence-electron chi connectivity index (χ1n) is 8.45. The molecule has 1 fully saturated rings. The molecule has 0 radical (unpaired) electrons. The van der Waals surface area contributed by atoms with Gasteiger partial charge in [0.15, 0.2) is 0 Å². The maximum absolute atomic E-state index is 13.0. The standard InChI is InChI=1S/C17H21N3O5S/c1-13(11-15-5-4-10-25-15)18-16-7-6-14(20(21)22)12-17(16)26(23,24)19-8-2-3-9-19/h4-7,10,12-13,18H,2-3,8-9,11H2,1H3. The van der Waals surface area contributed by atoms with Gasteiger partial charge in [0.05, 0.1) is 16.9 Å². The van der Waals surface area contributed by atoms with Crippen molar-refractivity contribution in [2.75, 3.05) is 18.4 Å². The Balaban J connectivity index is 1.92. The number of rotatable bonds is 7. The van der Waals surface area contributed by atoms with E-state index in [1.165, 1.54) is 16.4 Å². The third-order valence-electron chi connectivity index (χ3n) is 4.35. The first-order chi connectivity index (χ1) is 12.4. The maximum Gasteiger partial charge on any atom is 0.270 e. The molecule has 8 nitrogen and oxygen atoms in total. The molecule has 1 aliphatic rings. The lowest BCUT2D eigenvalue weighted by Crippen LogP contribution is -2.29. The van der Waals surface area contributed by atoms with Crippen LogP contribution < -0.4 is 5.32 Å². The van der Waals surface area contributed by atoms with Crippen molar-refractivity contribution in [2.24, 2.45) is 0 Å². The van der Waals surface area contributed by atoms with Crippen LogP contribution in [0.15, 0.2) is 45.9 Å². The smallest absolute Gasteiger partial charge is 0.270 e. The Kier molecular flexibility index (Phi) is 5.28. The summed E-state index contributed by atoms with van der Waals surface area (Å²) in [7, 11) is -3.79. The highest BCUT2D eigenvalue weighted by atomic mass is 32.2. The molecule has 2 heterocycles. The number of benzene rings is 1. The number of furan rings is 1. The van der Waals surface area contributed by atoms with Crippen LogP contribution in [0.1, 0.15) is 25.5 Å². The van der Waals surface area contributed by atoms with Crippen LogP contribution in [0, 0.1) is 10.1 Å². The molecule has 26 heavy (non-hydrogen) atoms. The molecule has 0 spiro atoms. The second-order valence-corrected chi connectivity index (χ2v) is 8.28. The Labute approximate surface area is 152 Å². The fourth-order valence-electron chi connectivity index (χ4n) is 3.07. The molecule has 1 aromatic heterocycles. The van der Waals surface area contributed by atoms with E-state index < -0.39 is 14.9 Å². The topological polar surface area (TPSA) is 106 Å². The second kappa shape index (κ2) is 7.46. The SMILES string of the molecule is CC(Cc1ccco1)Nc1ccc([N+](=O)[O-])cc1S(=O)(=O)N1CCCC1. The van der Waals surface area contributed by atoms with Gasteiger partial charge >= 0.3 is 0 Å². The number of nitro groups is 1. The molecule has 3 rings (SSSR count). The fraction of sp³-hybridized carbons (Fsp3) is 0.412. The zero-order valence-corrected chi connectivity index (χ0v) is 15.2. The molecular formula is C17H21N3O5S. The van der Waals surface area contributed by atoms with Crippen LogP contribution in [0.3, 0.4) is 0 Å². The Morgan fingerprint density at radius 3 is 2.65 bits per heavy atom. The molecule has 0 aliphatic carbocycles. The first kappa shape index (κ1) is 18.4. The van der Waals surface area contributed by atoms with Crippen LogP contribution in [-0.4, -0.2) is 36.8 Å². The molecule has 0 bridgehead atoms. The van der Waals surface area contributed by atoms with Crippen LogP contribution in [0.5, 0.6) is 0 Å². The van der Waals surface area contributed by atoms with Crippen molar-refractivity contribution in [3.8, 4) is 0 Å². The van der Waals surface area contributed by atoms with Crippen molar-refractivity contribution in [2.45, 2.75) is 37.1 Å². The van der Waals surface area contributed by atoms with Gasteiger partial charge in [-0.1, -0.05) is 0 Å². The van der Waals surface area contributed by atoms with Crippen molar-refractivity contribution in [3.63, 3.8) is 0 Å². The quantitative estimate of drug-likeness (QED) is 0.585. The van der Waals surface area contributed by atoms with Crippen LogP contribution in [0.25, 0.3) is 0 Å². The average molecular weight is 379 g/mol. The summed E-state index contributed by atoms with van der Waals surface area (Å²) < 4.78 is 32.6. The second-order valence-electron chi connectivity index (χ2n) is 6.38. The molecule has 140 valence electrons. The molecule has 1 aromatic carbocycles. The van der Waals surface area contributed by atoms with E-state index in [2.05, 4.69) is 5.32 Å². The Morgan fingerprint density at radius 2 is 2.04 bits per heavy atom. The van der Waals surface area contributed by atoms with Crippen molar-refractivity contribution < 1.29 is 17.8 Å². The van der Waals surface area contributed by atoms with Crippen molar-refractivity contribution in [1.82, 2.24) is 4.31 Å². The number of hydrogen-bond donors (Lipinski definition) is 1. The molecule has 9 heteroatoms. The number of nitrogens with zero attached hydrogens (tertiary/aromatic N) is 2. The lowest BCUT2D eigenvalue weighted by atomic mass is 10.2. The summed E-state index contributed by atoms with van der Waals surface area (Å²) in [5.74, 6) is 0.774. The fourth-order valence-corrected chi connectivity index (χ4v) is 4.76. The highest BCUT2D eigenvalue weighted by Gasteiger charge is 2.31. The summed E-state index contributed by atoms with van der Waals surface area (Å²) in [5, 5.41) is 14.3. The largest absolute Gasteiger partial charge is 0.469 e. The molecule has 1 atom stereocenters. The van der Waals surface area contributed by atoms with Crippen LogP contribution >= 0.6 is 0 Å². The average Bonchev–Trinajstić information content (AvgIpc) is 3.28. The third kappa shape index (κ3) is 3.88. The van der Waals surface area contributed by atoms with E-state index in [1.807, 2.05) is 13.0 Å². The van der Waals surface area contributed by atoms with Gasteiger partial charge in [0, 0.05) is 37.7 Å². The predicted octanol–water partition coefficient (Wildman–Crippen LogP) is 3.02. The van der Waals surface area contributed by atoms with E-state index in [9.17, 15) is 18.5 Å². The number of hydrogen-bond acceptors (Lipinski definition) is 6. The minimum atomic E-state index is -3.79. The maximum atomic E-state index is 13.0. The Morgan fingerprint density at radius 1 is 1.31 bits per heavy atom. The van der Waals surface area contributed by atoms with Gasteiger partial charge in [-0.3, -0.25) is 10.1 Å². The van der Waals surface area contributed by atoms with Gasteiger partial charge in [-0.15, -0.1) is 0 Å². The van der Waals surface area contributed by atoms with E-state index in [0.29, 0.717) is 25.2 Å². The van der Waals surface area contributed by atoms with Crippen LogP contribution in [0.2, 0.25) is 0 Å². The van der Waals surface area contributed by atoms with Gasteiger partial charge in [-0.25, -0.2) is 8.42 Å². The Bertz CT molecular complexity index is 874. The summed E-state index contributed by atoms with van der Waals surface area (Å²) in [5.41, 5.74) is 0.119. The normalized spacial score (nSPS) is 16.5. The van der Waals surface area contributed by atoms with Gasteiger partial charge < -0.3 is 9.73 Å². The number of sulfonamides is 1. The third-order valence-corrected chi connectivity index (χ3v) is 6.29. The highest BCUT2D eigenvalue weighted by Crippen LogP contribution is 2.31. The first-order valence-corrected chi connectivity index (χ1v) is 9.89. The number of nitrogens with one attached hydrogen (secondary N) is 1. The predicted molar refractivity (Wildman–Crippen MR) is 96.6 cm³/mol. The van der Waals surface area contributed by atoms with Crippen molar-refractivity contribution >= 4 is 21.4 Å². The number of anilines is 1. The lowest BCUT2D eigenvalue weighted by molar-refractivity contribution is -0.385. The van der Waals surface area contributed by atoms with Gasteiger partial charge in [0.2, 0.25) is 10.0 Å². The van der Waals surface area contributed by atoms with Gasteiger partial charge in [-0.2, -0.15) is 4.31 Å². The van der Waals surface area contributed by atoms with Crippen molar-refractivity contribution in [1.29, 1.82) is 0 Å². The van der Waals surface area contributed by atoms with E-state index >= 15 is 0 Å². The molecule has 1 unspecified atom stereocenters. The van der Waals surface area contributed by atoms with Crippen LogP contribution in [-0.2, 0) is 16.4 Å². The van der Waals surface area contributed by atoms with Crippen LogP contribution in [0.4, 0.5) is 11.4 Å². The van der Waals surface area contributed by atoms with E-state index in [0.717, 1.165) is 24.7 Å². The molecular weight excluding hydrogens is 358 g/mol. The van der Waals surface area contributed by atoms with E-state index in [4.69, 9.17) is 4.42 Å².